The molecule has 30 heavy (non-hydrogen) atoms. The van der Waals surface area contributed by atoms with E-state index in [4.69, 9.17) is 0 Å². The first-order valence-corrected chi connectivity index (χ1v) is 10.8. The summed E-state index contributed by atoms with van der Waals surface area (Å²) in [6.07, 6.45) is 5.87. The van der Waals surface area contributed by atoms with Gasteiger partial charge in [-0.25, -0.2) is 0 Å². The lowest BCUT2D eigenvalue weighted by molar-refractivity contribution is -0.147. The van der Waals surface area contributed by atoms with Crippen molar-refractivity contribution in [2.45, 2.75) is 47.0 Å². The number of nitrogens with one attached hydrogen (secondary N) is 1. The van der Waals surface area contributed by atoms with E-state index < -0.39 is 10.8 Å². The molecule has 5 heteroatoms. The van der Waals surface area contributed by atoms with Crippen molar-refractivity contribution in [2.75, 3.05) is 19.6 Å². The van der Waals surface area contributed by atoms with Crippen molar-refractivity contribution < 1.29 is 9.59 Å². The Morgan fingerprint density at radius 1 is 1.13 bits per heavy atom. The summed E-state index contributed by atoms with van der Waals surface area (Å²) in [5, 5.41) is 3.03. The average molecular weight is 408 g/mol. The maximum absolute atomic E-state index is 13.2. The van der Waals surface area contributed by atoms with Gasteiger partial charge in [0.25, 0.3) is 0 Å². The third kappa shape index (κ3) is 4.89. The number of carbonyl (C=O) groups is 2. The second-order valence-electron chi connectivity index (χ2n) is 9.34. The van der Waals surface area contributed by atoms with Gasteiger partial charge in [-0.15, -0.1) is 0 Å². The minimum atomic E-state index is -0.592. The number of piperidine rings is 1. The summed E-state index contributed by atoms with van der Waals surface area (Å²) in [6, 6.07) is 12.3. The number of aromatic nitrogens is 1. The Labute approximate surface area is 179 Å². The Hall–Kier alpha value is -2.69. The van der Waals surface area contributed by atoms with E-state index in [-0.39, 0.29) is 11.8 Å². The molecule has 2 amide bonds. The summed E-state index contributed by atoms with van der Waals surface area (Å²) in [5.74, 6) is 0.163. The SMILES string of the molecule is CCNC(=O)C1(Cc2ccc(-c3cccnc3)cc2)CCCN(C(=O)C(C)(C)C)C1. The molecule has 1 N–H and O–H groups in total. The highest BCUT2D eigenvalue weighted by Crippen LogP contribution is 2.36. The average Bonchev–Trinajstić information content (AvgIpc) is 2.74. The lowest BCUT2D eigenvalue weighted by atomic mass is 9.73. The maximum Gasteiger partial charge on any atom is 0.228 e. The first-order chi connectivity index (χ1) is 14.2. The zero-order valence-corrected chi connectivity index (χ0v) is 18.6. The molecule has 5 nitrogen and oxygen atoms in total. The van der Waals surface area contributed by atoms with Crippen molar-refractivity contribution in [3.05, 3.63) is 54.4 Å². The molecular weight excluding hydrogens is 374 g/mol. The Morgan fingerprint density at radius 3 is 2.47 bits per heavy atom. The molecule has 1 atom stereocenters. The fourth-order valence-electron chi connectivity index (χ4n) is 4.28. The van der Waals surface area contributed by atoms with E-state index >= 15 is 0 Å². The Kier molecular flexibility index (Phi) is 6.59. The molecule has 1 aromatic heterocycles. The highest BCUT2D eigenvalue weighted by Gasteiger charge is 2.44. The van der Waals surface area contributed by atoms with E-state index in [1.807, 2.05) is 50.9 Å². The number of rotatable bonds is 5. The minimum absolute atomic E-state index is 0.0488. The molecule has 1 unspecified atom stereocenters. The van der Waals surface area contributed by atoms with Crippen LogP contribution in [0, 0.1) is 10.8 Å². The quantitative estimate of drug-likeness (QED) is 0.812. The van der Waals surface area contributed by atoms with Gasteiger partial charge in [0.15, 0.2) is 0 Å². The molecule has 0 bridgehead atoms. The molecule has 1 aliphatic rings. The van der Waals surface area contributed by atoms with E-state index in [1.165, 1.54) is 0 Å². The van der Waals surface area contributed by atoms with E-state index in [9.17, 15) is 9.59 Å². The lowest BCUT2D eigenvalue weighted by Crippen LogP contribution is -2.56. The van der Waals surface area contributed by atoms with Gasteiger partial charge in [-0.05, 0) is 48.9 Å². The molecule has 1 fully saturated rings. The van der Waals surface area contributed by atoms with Gasteiger partial charge >= 0.3 is 0 Å². The van der Waals surface area contributed by atoms with Crippen molar-refractivity contribution >= 4 is 11.8 Å². The van der Waals surface area contributed by atoms with Crippen LogP contribution in [-0.2, 0) is 16.0 Å². The first-order valence-electron chi connectivity index (χ1n) is 10.8. The number of hydrogen-bond donors (Lipinski definition) is 1. The lowest BCUT2D eigenvalue weighted by Gasteiger charge is -2.43. The van der Waals surface area contributed by atoms with Crippen molar-refractivity contribution in [1.82, 2.24) is 15.2 Å². The zero-order chi connectivity index (χ0) is 21.8. The number of hydrogen-bond acceptors (Lipinski definition) is 3. The number of pyridine rings is 1. The van der Waals surface area contributed by atoms with Gasteiger partial charge < -0.3 is 10.2 Å². The molecular formula is C25H33N3O2. The van der Waals surface area contributed by atoms with Crippen LogP contribution in [0.25, 0.3) is 11.1 Å². The largest absolute Gasteiger partial charge is 0.356 e. The molecule has 1 aliphatic heterocycles. The number of benzene rings is 1. The Morgan fingerprint density at radius 2 is 1.87 bits per heavy atom. The first kappa shape index (κ1) is 22.0. The summed E-state index contributed by atoms with van der Waals surface area (Å²) in [4.78, 5) is 32.2. The van der Waals surface area contributed by atoms with Crippen LogP contribution in [0.4, 0.5) is 0 Å². The van der Waals surface area contributed by atoms with Crippen LogP contribution in [0.15, 0.2) is 48.8 Å². The Balaban J connectivity index is 1.85. The van der Waals surface area contributed by atoms with Crippen molar-refractivity contribution in [1.29, 1.82) is 0 Å². The van der Waals surface area contributed by atoms with Crippen LogP contribution in [0.1, 0.15) is 46.1 Å². The van der Waals surface area contributed by atoms with Crippen molar-refractivity contribution in [3.8, 4) is 11.1 Å². The van der Waals surface area contributed by atoms with E-state index in [0.29, 0.717) is 19.5 Å². The van der Waals surface area contributed by atoms with Crippen LogP contribution in [0.5, 0.6) is 0 Å². The molecule has 3 rings (SSSR count). The summed E-state index contributed by atoms with van der Waals surface area (Å²) >= 11 is 0. The summed E-state index contributed by atoms with van der Waals surface area (Å²) in [7, 11) is 0. The molecule has 1 aromatic carbocycles. The second kappa shape index (κ2) is 8.99. The topological polar surface area (TPSA) is 62.3 Å². The van der Waals surface area contributed by atoms with Crippen molar-refractivity contribution in [3.63, 3.8) is 0 Å². The summed E-state index contributed by atoms with van der Waals surface area (Å²) in [6.45, 7) is 9.54. The Bertz CT molecular complexity index is 872. The van der Waals surface area contributed by atoms with Gasteiger partial charge in [0.2, 0.25) is 11.8 Å². The molecule has 0 radical (unpaired) electrons. The van der Waals surface area contributed by atoms with E-state index in [2.05, 4.69) is 34.6 Å². The normalized spacial score (nSPS) is 19.4. The molecule has 0 saturated carbocycles. The minimum Gasteiger partial charge on any atom is -0.356 e. The van der Waals surface area contributed by atoms with Gasteiger partial charge in [-0.2, -0.15) is 0 Å². The van der Waals surface area contributed by atoms with Gasteiger partial charge in [-0.1, -0.05) is 51.1 Å². The van der Waals surface area contributed by atoms with Crippen LogP contribution >= 0.6 is 0 Å². The summed E-state index contributed by atoms with van der Waals surface area (Å²) in [5.41, 5.74) is 2.24. The number of likely N-dealkylation sites (tertiary alicyclic amines) is 1. The van der Waals surface area contributed by atoms with Gasteiger partial charge in [0, 0.05) is 37.4 Å². The van der Waals surface area contributed by atoms with Gasteiger partial charge in [0.1, 0.15) is 0 Å². The third-order valence-electron chi connectivity index (χ3n) is 5.82. The number of amides is 2. The van der Waals surface area contributed by atoms with Gasteiger partial charge in [0.05, 0.1) is 5.41 Å². The fraction of sp³-hybridized carbons (Fsp3) is 0.480. The van der Waals surface area contributed by atoms with E-state index in [0.717, 1.165) is 36.1 Å². The molecule has 0 spiro atoms. The highest BCUT2D eigenvalue weighted by atomic mass is 16.2. The van der Waals surface area contributed by atoms with Crippen LogP contribution < -0.4 is 5.32 Å². The van der Waals surface area contributed by atoms with Crippen LogP contribution in [0.3, 0.4) is 0 Å². The molecule has 0 aliphatic carbocycles. The van der Waals surface area contributed by atoms with Crippen LogP contribution in [0.2, 0.25) is 0 Å². The second-order valence-corrected chi connectivity index (χ2v) is 9.34. The zero-order valence-electron chi connectivity index (χ0n) is 18.6. The molecule has 160 valence electrons. The molecule has 1 saturated heterocycles. The highest BCUT2D eigenvalue weighted by molar-refractivity contribution is 5.86. The number of nitrogens with zero attached hydrogens (tertiary/aromatic N) is 2. The van der Waals surface area contributed by atoms with Crippen molar-refractivity contribution in [2.24, 2.45) is 10.8 Å². The maximum atomic E-state index is 13.2. The molecule has 2 heterocycles. The van der Waals surface area contributed by atoms with Gasteiger partial charge in [-0.3, -0.25) is 14.6 Å². The van der Waals surface area contributed by atoms with E-state index in [1.54, 1.807) is 6.20 Å². The number of carbonyl (C=O) groups excluding carboxylic acids is 2. The monoisotopic (exact) mass is 407 g/mol. The fourth-order valence-corrected chi connectivity index (χ4v) is 4.28. The third-order valence-corrected chi connectivity index (χ3v) is 5.82. The van der Waals surface area contributed by atoms with Crippen LogP contribution in [-0.4, -0.2) is 41.3 Å². The standard InChI is InChI=1S/C25H33N3O2/c1-5-27-22(29)25(13-7-15-28(18-25)23(30)24(2,3)4)16-19-9-11-20(12-10-19)21-8-6-14-26-17-21/h6,8-12,14,17H,5,7,13,15-16,18H2,1-4H3,(H,27,29). The summed E-state index contributed by atoms with van der Waals surface area (Å²) < 4.78 is 0. The predicted octanol–water partition coefficient (Wildman–Crippen LogP) is 4.08. The predicted molar refractivity (Wildman–Crippen MR) is 120 cm³/mol. The smallest absolute Gasteiger partial charge is 0.228 e. The molecule has 2 aromatic rings.